The summed E-state index contributed by atoms with van der Waals surface area (Å²) in [5.74, 6) is -1.85. The first-order valence-electron chi connectivity index (χ1n) is 5.70. The van der Waals surface area contributed by atoms with Crippen molar-refractivity contribution in [2.75, 3.05) is 11.1 Å². The lowest BCUT2D eigenvalue weighted by Gasteiger charge is -2.08. The maximum absolute atomic E-state index is 12.0. The highest BCUT2D eigenvalue weighted by Gasteiger charge is 2.12. The van der Waals surface area contributed by atoms with Gasteiger partial charge in [0.15, 0.2) is 0 Å². The Morgan fingerprint density at radius 2 is 1.80 bits per heavy atom. The number of hydrogen-bond donors (Lipinski definition) is 4. The number of nitrogens with two attached hydrogens (primary N) is 1. The van der Waals surface area contributed by atoms with E-state index in [1.54, 1.807) is 18.2 Å². The number of carboxylic acid groups (broad SMARTS) is 1. The van der Waals surface area contributed by atoms with E-state index < -0.39 is 11.9 Å². The molecule has 0 aliphatic carbocycles. The van der Waals surface area contributed by atoms with Gasteiger partial charge in [0.25, 0.3) is 5.91 Å². The summed E-state index contributed by atoms with van der Waals surface area (Å²) < 4.78 is 0. The maximum Gasteiger partial charge on any atom is 0.335 e. The van der Waals surface area contributed by atoms with Crippen molar-refractivity contribution in [2.24, 2.45) is 0 Å². The molecule has 0 aliphatic heterocycles. The number of anilines is 2. The maximum atomic E-state index is 12.0. The average Bonchev–Trinajstić information content (AvgIpc) is 2.41. The van der Waals surface area contributed by atoms with Crippen LogP contribution in [0.3, 0.4) is 0 Å². The van der Waals surface area contributed by atoms with E-state index in [2.05, 4.69) is 5.32 Å². The van der Waals surface area contributed by atoms with Crippen LogP contribution in [0.4, 0.5) is 11.4 Å². The quantitative estimate of drug-likeness (QED) is 0.503. The van der Waals surface area contributed by atoms with Crippen molar-refractivity contribution in [3.8, 4) is 5.75 Å². The van der Waals surface area contributed by atoms with Crippen LogP contribution in [0.15, 0.2) is 42.5 Å². The molecule has 0 radical (unpaired) electrons. The van der Waals surface area contributed by atoms with Crippen molar-refractivity contribution < 1.29 is 19.8 Å². The molecule has 0 saturated carbocycles. The molecule has 0 spiro atoms. The molecule has 2 rings (SSSR count). The molecule has 0 aromatic heterocycles. The number of aromatic carboxylic acids is 1. The van der Waals surface area contributed by atoms with E-state index >= 15 is 0 Å². The molecule has 20 heavy (non-hydrogen) atoms. The van der Waals surface area contributed by atoms with Crippen molar-refractivity contribution in [2.45, 2.75) is 0 Å². The standard InChI is InChI=1S/C14H12N2O4/c15-10-3-1-2-8(6-10)13(18)16-11-7-9(14(19)20)4-5-12(11)17/h1-7,17H,15H2,(H,16,18)(H,19,20). The second-order valence-electron chi connectivity index (χ2n) is 4.12. The molecule has 2 aromatic rings. The number of rotatable bonds is 3. The molecule has 0 fully saturated rings. The van der Waals surface area contributed by atoms with Gasteiger partial charge in [0, 0.05) is 11.3 Å². The number of aromatic hydroxyl groups is 1. The van der Waals surface area contributed by atoms with Crippen LogP contribution < -0.4 is 11.1 Å². The Morgan fingerprint density at radius 1 is 1.05 bits per heavy atom. The van der Waals surface area contributed by atoms with Crippen LogP contribution in [-0.4, -0.2) is 22.1 Å². The third-order valence-corrected chi connectivity index (χ3v) is 2.64. The molecule has 6 heteroatoms. The van der Waals surface area contributed by atoms with Crippen LogP contribution in [0.25, 0.3) is 0 Å². The lowest BCUT2D eigenvalue weighted by Crippen LogP contribution is -2.12. The van der Waals surface area contributed by atoms with Gasteiger partial charge >= 0.3 is 5.97 Å². The lowest BCUT2D eigenvalue weighted by atomic mass is 10.1. The molecule has 0 aliphatic rings. The number of carbonyl (C=O) groups excluding carboxylic acids is 1. The zero-order valence-electron chi connectivity index (χ0n) is 10.3. The van der Waals surface area contributed by atoms with Crippen molar-refractivity contribution >= 4 is 23.3 Å². The number of nitrogen functional groups attached to an aromatic ring is 1. The number of nitrogens with one attached hydrogen (secondary N) is 1. The normalized spacial score (nSPS) is 10.0. The number of carbonyl (C=O) groups is 2. The highest BCUT2D eigenvalue weighted by Crippen LogP contribution is 2.25. The van der Waals surface area contributed by atoms with Gasteiger partial charge in [-0.2, -0.15) is 0 Å². The van der Waals surface area contributed by atoms with E-state index in [1.807, 2.05) is 0 Å². The SMILES string of the molecule is Nc1cccc(C(=O)Nc2cc(C(=O)O)ccc2O)c1. The summed E-state index contributed by atoms with van der Waals surface area (Å²) in [6.07, 6.45) is 0. The molecule has 1 amide bonds. The monoisotopic (exact) mass is 272 g/mol. The predicted octanol–water partition coefficient (Wildman–Crippen LogP) is 1.92. The van der Waals surface area contributed by atoms with E-state index in [-0.39, 0.29) is 17.0 Å². The highest BCUT2D eigenvalue weighted by molar-refractivity contribution is 6.06. The van der Waals surface area contributed by atoms with Crippen molar-refractivity contribution in [1.29, 1.82) is 0 Å². The van der Waals surface area contributed by atoms with Gasteiger partial charge in [-0.15, -0.1) is 0 Å². The summed E-state index contributed by atoms with van der Waals surface area (Å²) in [5.41, 5.74) is 6.31. The Bertz CT molecular complexity index is 683. The Balaban J connectivity index is 2.27. The molecule has 102 valence electrons. The molecule has 5 N–H and O–H groups in total. The van der Waals surface area contributed by atoms with Crippen LogP contribution in [0.1, 0.15) is 20.7 Å². The molecular weight excluding hydrogens is 260 g/mol. The average molecular weight is 272 g/mol. The van der Waals surface area contributed by atoms with Crippen molar-refractivity contribution in [1.82, 2.24) is 0 Å². The van der Waals surface area contributed by atoms with Gasteiger partial charge in [-0.25, -0.2) is 4.79 Å². The Kier molecular flexibility index (Phi) is 3.56. The predicted molar refractivity (Wildman–Crippen MR) is 73.9 cm³/mol. The van der Waals surface area contributed by atoms with Crippen LogP contribution >= 0.6 is 0 Å². The minimum Gasteiger partial charge on any atom is -0.506 e. The zero-order chi connectivity index (χ0) is 14.7. The van der Waals surface area contributed by atoms with E-state index in [9.17, 15) is 14.7 Å². The first-order chi connectivity index (χ1) is 9.47. The Morgan fingerprint density at radius 3 is 2.45 bits per heavy atom. The summed E-state index contributed by atoms with van der Waals surface area (Å²) in [7, 11) is 0. The van der Waals surface area contributed by atoms with Crippen molar-refractivity contribution in [3.63, 3.8) is 0 Å². The lowest BCUT2D eigenvalue weighted by molar-refractivity contribution is 0.0696. The summed E-state index contributed by atoms with van der Waals surface area (Å²) in [5, 5.41) is 21.0. The van der Waals surface area contributed by atoms with Crippen LogP contribution in [0.2, 0.25) is 0 Å². The molecule has 0 atom stereocenters. The second kappa shape index (κ2) is 5.31. The van der Waals surface area contributed by atoms with Gasteiger partial charge in [0.1, 0.15) is 5.75 Å². The summed E-state index contributed by atoms with van der Waals surface area (Å²) in [4.78, 5) is 22.8. The van der Waals surface area contributed by atoms with E-state index in [0.717, 1.165) is 0 Å². The van der Waals surface area contributed by atoms with Gasteiger partial charge in [0.05, 0.1) is 11.3 Å². The largest absolute Gasteiger partial charge is 0.506 e. The number of carboxylic acids is 1. The molecule has 2 aromatic carbocycles. The smallest absolute Gasteiger partial charge is 0.335 e. The fourth-order valence-electron chi connectivity index (χ4n) is 1.64. The number of phenols is 1. The van der Waals surface area contributed by atoms with Gasteiger partial charge in [-0.05, 0) is 36.4 Å². The van der Waals surface area contributed by atoms with Gasteiger partial charge in [-0.1, -0.05) is 6.07 Å². The van der Waals surface area contributed by atoms with Crippen LogP contribution in [0.5, 0.6) is 5.75 Å². The summed E-state index contributed by atoms with van der Waals surface area (Å²) in [6, 6.07) is 9.93. The molecule has 0 unspecified atom stereocenters. The topological polar surface area (TPSA) is 113 Å². The van der Waals surface area contributed by atoms with Gasteiger partial charge in [-0.3, -0.25) is 4.79 Å². The molecule has 0 saturated heterocycles. The van der Waals surface area contributed by atoms with E-state index in [1.165, 1.54) is 24.3 Å². The first kappa shape index (κ1) is 13.4. The summed E-state index contributed by atoms with van der Waals surface area (Å²) in [6.45, 7) is 0. The first-order valence-corrected chi connectivity index (χ1v) is 5.70. The third-order valence-electron chi connectivity index (χ3n) is 2.64. The van der Waals surface area contributed by atoms with E-state index in [0.29, 0.717) is 11.3 Å². The Labute approximate surface area is 114 Å². The zero-order valence-corrected chi connectivity index (χ0v) is 10.3. The fraction of sp³-hybridized carbons (Fsp3) is 0. The second-order valence-corrected chi connectivity index (χ2v) is 4.12. The van der Waals surface area contributed by atoms with Crippen molar-refractivity contribution in [3.05, 3.63) is 53.6 Å². The van der Waals surface area contributed by atoms with Crippen LogP contribution in [-0.2, 0) is 0 Å². The Hall–Kier alpha value is -3.02. The minimum atomic E-state index is -1.15. The fourth-order valence-corrected chi connectivity index (χ4v) is 1.64. The number of hydrogen-bond acceptors (Lipinski definition) is 4. The number of phenolic OH excluding ortho intramolecular Hbond substituents is 1. The van der Waals surface area contributed by atoms with Gasteiger partial charge in [0.2, 0.25) is 0 Å². The molecule has 0 heterocycles. The third kappa shape index (κ3) is 2.86. The number of amides is 1. The molecule has 0 bridgehead atoms. The van der Waals surface area contributed by atoms with E-state index in [4.69, 9.17) is 10.8 Å². The minimum absolute atomic E-state index is 0.0253. The number of benzene rings is 2. The highest BCUT2D eigenvalue weighted by atomic mass is 16.4. The van der Waals surface area contributed by atoms with Crippen LogP contribution in [0, 0.1) is 0 Å². The van der Waals surface area contributed by atoms with Gasteiger partial charge < -0.3 is 21.3 Å². The molecule has 6 nitrogen and oxygen atoms in total. The molecular formula is C14H12N2O4. The summed E-state index contributed by atoms with van der Waals surface area (Å²) >= 11 is 0.